The predicted octanol–water partition coefficient (Wildman–Crippen LogP) is 0.774. The lowest BCUT2D eigenvalue weighted by atomic mass is 10.1. The molecule has 1 aliphatic heterocycles. The topological polar surface area (TPSA) is 123 Å². The first-order chi connectivity index (χ1) is 13.5. The van der Waals surface area contributed by atoms with Crippen LogP contribution in [0.5, 0.6) is 5.75 Å². The largest absolute Gasteiger partial charge is 0.494 e. The Bertz CT molecular complexity index is 856. The second kappa shape index (κ2) is 9.01. The summed E-state index contributed by atoms with van der Waals surface area (Å²) < 4.78 is 5.74. The van der Waals surface area contributed by atoms with Crippen LogP contribution in [0.3, 0.4) is 0 Å². The van der Waals surface area contributed by atoms with Gasteiger partial charge in [0.2, 0.25) is 11.8 Å². The maximum absolute atomic E-state index is 12.1. The van der Waals surface area contributed by atoms with E-state index >= 15 is 0 Å². The zero-order valence-corrected chi connectivity index (χ0v) is 15.2. The molecule has 2 aromatic rings. The van der Waals surface area contributed by atoms with E-state index in [0.717, 1.165) is 16.9 Å². The summed E-state index contributed by atoms with van der Waals surface area (Å²) in [5, 5.41) is 7.01. The van der Waals surface area contributed by atoms with Gasteiger partial charge < -0.3 is 21.1 Å². The number of nitrogens with one attached hydrogen (secondary N) is 3. The molecule has 28 heavy (non-hydrogen) atoms. The molecule has 3 rings (SSSR count). The van der Waals surface area contributed by atoms with Gasteiger partial charge in [-0.3, -0.25) is 14.9 Å². The lowest BCUT2D eigenvalue weighted by molar-refractivity contribution is -0.130. The molecule has 0 spiro atoms. The van der Waals surface area contributed by atoms with E-state index in [1.807, 2.05) is 59.9 Å². The van der Waals surface area contributed by atoms with Gasteiger partial charge in [0.05, 0.1) is 6.61 Å². The van der Waals surface area contributed by atoms with Crippen molar-refractivity contribution in [2.75, 3.05) is 13.2 Å². The predicted molar refractivity (Wildman–Crippen MR) is 103 cm³/mol. The summed E-state index contributed by atoms with van der Waals surface area (Å²) in [5.41, 5.74) is 7.81. The number of imide groups is 1. The molecule has 2 atom stereocenters. The number of urea groups is 1. The van der Waals surface area contributed by atoms with Crippen molar-refractivity contribution in [3.8, 4) is 16.9 Å². The SMILES string of the molecule is NC1C(=O)NC(=O)NC1C(=O)NCCCOc1cccc(-c2ccccc2)c1. The van der Waals surface area contributed by atoms with E-state index in [1.54, 1.807) is 0 Å². The molecule has 2 aromatic carbocycles. The Morgan fingerprint density at radius 2 is 1.82 bits per heavy atom. The lowest BCUT2D eigenvalue weighted by Gasteiger charge is -2.27. The summed E-state index contributed by atoms with van der Waals surface area (Å²) >= 11 is 0. The fraction of sp³-hybridized carbons (Fsp3) is 0.250. The van der Waals surface area contributed by atoms with Gasteiger partial charge in [-0.15, -0.1) is 0 Å². The number of hydrogen-bond donors (Lipinski definition) is 4. The highest BCUT2D eigenvalue weighted by Gasteiger charge is 2.37. The number of amides is 4. The average Bonchev–Trinajstić information content (AvgIpc) is 2.71. The summed E-state index contributed by atoms with van der Waals surface area (Å²) in [6.45, 7) is 0.736. The lowest BCUT2D eigenvalue weighted by Crippen LogP contribution is -2.68. The molecule has 1 aliphatic rings. The molecule has 0 radical (unpaired) electrons. The molecule has 0 aliphatic carbocycles. The first-order valence-corrected chi connectivity index (χ1v) is 8.97. The van der Waals surface area contributed by atoms with Crippen LogP contribution in [0.1, 0.15) is 6.42 Å². The zero-order chi connectivity index (χ0) is 19.9. The van der Waals surface area contributed by atoms with Crippen LogP contribution >= 0.6 is 0 Å². The van der Waals surface area contributed by atoms with Gasteiger partial charge in [0.1, 0.15) is 17.8 Å². The minimum atomic E-state index is -1.12. The second-order valence-corrected chi connectivity index (χ2v) is 6.35. The number of carbonyl (C=O) groups is 3. The maximum atomic E-state index is 12.1. The van der Waals surface area contributed by atoms with Gasteiger partial charge in [-0.1, -0.05) is 42.5 Å². The van der Waals surface area contributed by atoms with Crippen molar-refractivity contribution in [3.05, 3.63) is 54.6 Å². The van der Waals surface area contributed by atoms with E-state index in [1.165, 1.54) is 0 Å². The Labute approximate surface area is 162 Å². The van der Waals surface area contributed by atoms with Gasteiger partial charge in [-0.2, -0.15) is 0 Å². The molecule has 8 nitrogen and oxygen atoms in total. The van der Waals surface area contributed by atoms with Gasteiger partial charge in [-0.25, -0.2) is 4.79 Å². The highest BCUT2D eigenvalue weighted by atomic mass is 16.5. The molecule has 1 saturated heterocycles. The van der Waals surface area contributed by atoms with Crippen LogP contribution in [0, 0.1) is 0 Å². The molecule has 0 saturated carbocycles. The third-order valence-corrected chi connectivity index (χ3v) is 4.30. The third-order valence-electron chi connectivity index (χ3n) is 4.30. The fourth-order valence-corrected chi connectivity index (χ4v) is 2.82. The van der Waals surface area contributed by atoms with Crippen LogP contribution in [-0.4, -0.2) is 43.1 Å². The van der Waals surface area contributed by atoms with E-state index in [2.05, 4.69) is 10.6 Å². The minimum Gasteiger partial charge on any atom is -0.494 e. The van der Waals surface area contributed by atoms with Gasteiger partial charge in [0.25, 0.3) is 0 Å². The number of benzene rings is 2. The molecular formula is C20H22N4O4. The van der Waals surface area contributed by atoms with Crippen molar-refractivity contribution in [1.82, 2.24) is 16.0 Å². The average molecular weight is 382 g/mol. The third kappa shape index (κ3) is 4.86. The highest BCUT2D eigenvalue weighted by molar-refractivity contribution is 6.05. The van der Waals surface area contributed by atoms with Crippen molar-refractivity contribution in [2.45, 2.75) is 18.5 Å². The molecule has 8 heteroatoms. The summed E-state index contributed by atoms with van der Waals surface area (Å²) in [5.74, 6) is -0.432. The number of carbonyl (C=O) groups excluding carboxylic acids is 3. The number of nitrogens with two attached hydrogens (primary N) is 1. The van der Waals surface area contributed by atoms with E-state index in [9.17, 15) is 14.4 Å². The van der Waals surface area contributed by atoms with E-state index in [-0.39, 0.29) is 0 Å². The van der Waals surface area contributed by atoms with Crippen molar-refractivity contribution >= 4 is 17.8 Å². The molecule has 5 N–H and O–H groups in total. The highest BCUT2D eigenvalue weighted by Crippen LogP contribution is 2.23. The summed E-state index contributed by atoms with van der Waals surface area (Å²) in [7, 11) is 0. The number of hydrogen-bond acceptors (Lipinski definition) is 5. The molecule has 1 fully saturated rings. The molecule has 4 amide bonds. The number of rotatable bonds is 7. The van der Waals surface area contributed by atoms with E-state index in [4.69, 9.17) is 10.5 Å². The van der Waals surface area contributed by atoms with Crippen LogP contribution < -0.4 is 26.4 Å². The molecular weight excluding hydrogens is 360 g/mol. The van der Waals surface area contributed by atoms with Crippen LogP contribution in [0.2, 0.25) is 0 Å². The molecule has 0 bridgehead atoms. The molecule has 1 heterocycles. The monoisotopic (exact) mass is 382 g/mol. The van der Waals surface area contributed by atoms with Crippen LogP contribution in [-0.2, 0) is 9.59 Å². The summed E-state index contributed by atoms with van der Waals surface area (Å²) in [6, 6.07) is 14.9. The van der Waals surface area contributed by atoms with Gasteiger partial charge in [0.15, 0.2) is 0 Å². The molecule has 2 unspecified atom stereocenters. The Balaban J connectivity index is 1.43. The zero-order valence-electron chi connectivity index (χ0n) is 15.2. The van der Waals surface area contributed by atoms with E-state index < -0.39 is 29.9 Å². The minimum absolute atomic E-state index is 0.331. The Kier molecular flexibility index (Phi) is 6.23. The van der Waals surface area contributed by atoms with Gasteiger partial charge in [0, 0.05) is 6.54 Å². The Hall–Kier alpha value is -3.39. The molecule has 146 valence electrons. The van der Waals surface area contributed by atoms with Crippen LogP contribution in [0.25, 0.3) is 11.1 Å². The smallest absolute Gasteiger partial charge is 0.322 e. The first kappa shape index (κ1) is 19.4. The number of ether oxygens (including phenoxy) is 1. The van der Waals surface area contributed by atoms with Gasteiger partial charge >= 0.3 is 6.03 Å². The van der Waals surface area contributed by atoms with Crippen LogP contribution in [0.15, 0.2) is 54.6 Å². The first-order valence-electron chi connectivity index (χ1n) is 8.97. The summed E-state index contributed by atoms with van der Waals surface area (Å²) in [6.07, 6.45) is 0.559. The van der Waals surface area contributed by atoms with E-state index in [0.29, 0.717) is 19.6 Å². The second-order valence-electron chi connectivity index (χ2n) is 6.35. The fourth-order valence-electron chi connectivity index (χ4n) is 2.82. The maximum Gasteiger partial charge on any atom is 0.322 e. The van der Waals surface area contributed by atoms with Crippen molar-refractivity contribution in [1.29, 1.82) is 0 Å². The Morgan fingerprint density at radius 3 is 2.61 bits per heavy atom. The standard InChI is InChI=1S/C20H22N4O4/c21-16-17(23-20(27)24-18(16)25)19(26)22-10-5-11-28-15-9-4-8-14(12-15)13-6-2-1-3-7-13/h1-4,6-9,12,16-17H,5,10-11,21H2,(H,22,26)(H2,23,24,25,27). The molecule has 0 aromatic heterocycles. The van der Waals surface area contributed by atoms with Crippen molar-refractivity contribution < 1.29 is 19.1 Å². The quantitative estimate of drug-likeness (QED) is 0.527. The summed E-state index contributed by atoms with van der Waals surface area (Å²) in [4.78, 5) is 34.9. The normalized spacial score (nSPS) is 18.8. The van der Waals surface area contributed by atoms with Crippen molar-refractivity contribution in [3.63, 3.8) is 0 Å². The van der Waals surface area contributed by atoms with Crippen molar-refractivity contribution in [2.24, 2.45) is 5.73 Å². The van der Waals surface area contributed by atoms with Crippen LogP contribution in [0.4, 0.5) is 4.79 Å². The Morgan fingerprint density at radius 1 is 1.07 bits per heavy atom. The van der Waals surface area contributed by atoms with Gasteiger partial charge in [-0.05, 0) is 29.7 Å².